The predicted molar refractivity (Wildman–Crippen MR) is 187 cm³/mol. The highest BCUT2D eigenvalue weighted by Crippen LogP contribution is 2.54. The van der Waals surface area contributed by atoms with Crippen molar-refractivity contribution in [3.05, 3.63) is 151 Å². The Bertz CT molecular complexity index is 2090. The maximum Gasteiger partial charge on any atom is 0.0541 e. The minimum atomic E-state index is -0.0447. The van der Waals surface area contributed by atoms with Crippen LogP contribution in [0.25, 0.3) is 49.7 Å². The van der Waals surface area contributed by atoms with Crippen LogP contribution in [0.2, 0.25) is 0 Å². The molecule has 0 saturated carbocycles. The highest BCUT2D eigenvalue weighted by atomic mass is 15.2. The molecule has 1 aromatic heterocycles. The molecule has 0 fully saturated rings. The molecule has 0 spiro atoms. The molecule has 2 heterocycles. The summed E-state index contributed by atoms with van der Waals surface area (Å²) in [6, 6.07) is 53.1. The fourth-order valence-electron chi connectivity index (χ4n) is 7.23. The molecular formula is C42H36N2. The van der Waals surface area contributed by atoms with Gasteiger partial charge in [-0.2, -0.15) is 0 Å². The second-order valence-corrected chi connectivity index (χ2v) is 13.1. The lowest BCUT2D eigenvalue weighted by Crippen LogP contribution is -2.48. The summed E-state index contributed by atoms with van der Waals surface area (Å²) in [5.41, 5.74) is 12.5. The zero-order valence-electron chi connectivity index (χ0n) is 25.8. The third-order valence-corrected chi connectivity index (χ3v) is 10.3. The minimum absolute atomic E-state index is 0.0414. The van der Waals surface area contributed by atoms with Gasteiger partial charge in [-0.25, -0.2) is 0 Å². The van der Waals surface area contributed by atoms with E-state index in [-0.39, 0.29) is 11.0 Å². The van der Waals surface area contributed by atoms with E-state index in [0.717, 1.165) is 0 Å². The number of aromatic nitrogens is 1. The number of hydrogen-bond donors (Lipinski definition) is 0. The minimum Gasteiger partial charge on any atom is -0.335 e. The van der Waals surface area contributed by atoms with Gasteiger partial charge in [0.1, 0.15) is 0 Å². The van der Waals surface area contributed by atoms with Crippen LogP contribution in [0.3, 0.4) is 0 Å². The predicted octanol–water partition coefficient (Wildman–Crippen LogP) is 11.3. The SMILES string of the molecule is CC1(C)c2ccccc2N(c2ccc(-c3ccc(-c4ccc(-n5c6ccccc6c6ccccc65)cc4)cc3)cc2)C1(C)C. The van der Waals surface area contributed by atoms with E-state index in [1.165, 1.54) is 66.7 Å². The maximum atomic E-state index is 2.51. The quantitative estimate of drug-likeness (QED) is 0.205. The van der Waals surface area contributed by atoms with E-state index in [1.54, 1.807) is 0 Å². The zero-order chi connectivity index (χ0) is 30.1. The number of benzene rings is 6. The molecule has 0 saturated heterocycles. The standard InChI is InChI=1S/C42H36N2/c1-41(2)37-13-7-10-16-40(37)44(42(41,3)4)34-27-23-32(24-28-34)30-19-17-29(18-20-30)31-21-25-33(26-22-31)43-38-14-8-5-11-35(38)36-12-6-9-15-39(36)43/h5-28H,1-4H3. The van der Waals surface area contributed by atoms with Crippen molar-refractivity contribution in [2.75, 3.05) is 4.90 Å². The molecule has 0 radical (unpaired) electrons. The fourth-order valence-corrected chi connectivity index (χ4v) is 7.23. The Kier molecular flexibility index (Phi) is 5.86. The molecule has 1 aliphatic heterocycles. The van der Waals surface area contributed by atoms with Crippen LogP contribution in [0.4, 0.5) is 11.4 Å². The Hall–Kier alpha value is -5.08. The van der Waals surface area contributed by atoms with Gasteiger partial charge in [-0.1, -0.05) is 117 Å². The van der Waals surface area contributed by atoms with Crippen LogP contribution < -0.4 is 4.90 Å². The Morgan fingerprint density at radius 1 is 0.409 bits per heavy atom. The molecule has 214 valence electrons. The molecular weight excluding hydrogens is 532 g/mol. The molecule has 0 aliphatic carbocycles. The highest BCUT2D eigenvalue weighted by molar-refractivity contribution is 6.09. The van der Waals surface area contributed by atoms with Gasteiger partial charge in [-0.05, 0) is 84.1 Å². The van der Waals surface area contributed by atoms with Crippen LogP contribution in [0, 0.1) is 0 Å². The largest absolute Gasteiger partial charge is 0.335 e. The molecule has 1 aliphatic rings. The molecule has 0 atom stereocenters. The van der Waals surface area contributed by atoms with Crippen molar-refractivity contribution in [1.29, 1.82) is 0 Å². The van der Waals surface area contributed by atoms with E-state index in [2.05, 4.69) is 183 Å². The first kappa shape index (κ1) is 26.5. The molecule has 2 heteroatoms. The van der Waals surface area contributed by atoms with Crippen LogP contribution in [-0.4, -0.2) is 10.1 Å². The smallest absolute Gasteiger partial charge is 0.0541 e. The van der Waals surface area contributed by atoms with Crippen molar-refractivity contribution in [2.24, 2.45) is 0 Å². The van der Waals surface area contributed by atoms with Gasteiger partial charge in [-0.15, -0.1) is 0 Å². The first-order chi connectivity index (χ1) is 21.3. The Morgan fingerprint density at radius 2 is 0.818 bits per heavy atom. The molecule has 0 bridgehead atoms. The highest BCUT2D eigenvalue weighted by Gasteiger charge is 2.51. The van der Waals surface area contributed by atoms with Crippen LogP contribution in [0.15, 0.2) is 146 Å². The van der Waals surface area contributed by atoms with Gasteiger partial charge in [0, 0.05) is 38.8 Å². The average Bonchev–Trinajstić information content (AvgIpc) is 3.47. The normalized spacial score (nSPS) is 15.1. The first-order valence-corrected chi connectivity index (χ1v) is 15.5. The van der Waals surface area contributed by atoms with Crippen molar-refractivity contribution in [3.8, 4) is 27.9 Å². The molecule has 44 heavy (non-hydrogen) atoms. The topological polar surface area (TPSA) is 8.17 Å². The van der Waals surface area contributed by atoms with Gasteiger partial charge >= 0.3 is 0 Å². The molecule has 7 aromatic rings. The van der Waals surface area contributed by atoms with Gasteiger partial charge in [0.05, 0.1) is 11.0 Å². The van der Waals surface area contributed by atoms with Crippen molar-refractivity contribution in [3.63, 3.8) is 0 Å². The second-order valence-electron chi connectivity index (χ2n) is 13.1. The summed E-state index contributed by atoms with van der Waals surface area (Å²) in [5, 5.41) is 2.57. The number of fused-ring (bicyclic) bond motifs is 4. The lowest BCUT2D eigenvalue weighted by Gasteiger charge is -2.42. The van der Waals surface area contributed by atoms with Crippen molar-refractivity contribution in [1.82, 2.24) is 4.57 Å². The number of para-hydroxylation sites is 3. The summed E-state index contributed by atoms with van der Waals surface area (Å²) >= 11 is 0. The van der Waals surface area contributed by atoms with Gasteiger partial charge in [0.15, 0.2) is 0 Å². The van der Waals surface area contributed by atoms with Crippen LogP contribution in [0.5, 0.6) is 0 Å². The summed E-state index contributed by atoms with van der Waals surface area (Å²) < 4.78 is 2.37. The van der Waals surface area contributed by atoms with E-state index >= 15 is 0 Å². The van der Waals surface area contributed by atoms with Crippen LogP contribution >= 0.6 is 0 Å². The van der Waals surface area contributed by atoms with Gasteiger partial charge in [0.25, 0.3) is 0 Å². The Morgan fingerprint density at radius 3 is 1.34 bits per heavy atom. The van der Waals surface area contributed by atoms with Crippen molar-refractivity contribution >= 4 is 33.2 Å². The zero-order valence-corrected chi connectivity index (χ0v) is 25.8. The lowest BCUT2D eigenvalue weighted by molar-refractivity contribution is 0.330. The number of nitrogens with zero attached hydrogens (tertiary/aromatic N) is 2. The average molecular weight is 569 g/mol. The van der Waals surface area contributed by atoms with Gasteiger partial charge in [-0.3, -0.25) is 0 Å². The monoisotopic (exact) mass is 568 g/mol. The van der Waals surface area contributed by atoms with E-state index in [0.29, 0.717) is 0 Å². The third kappa shape index (κ3) is 3.87. The fraction of sp³-hybridized carbons (Fsp3) is 0.143. The van der Waals surface area contributed by atoms with Crippen LogP contribution in [-0.2, 0) is 5.41 Å². The van der Waals surface area contributed by atoms with Crippen LogP contribution in [0.1, 0.15) is 33.3 Å². The van der Waals surface area contributed by atoms with E-state index in [9.17, 15) is 0 Å². The van der Waals surface area contributed by atoms with Gasteiger partial charge < -0.3 is 9.47 Å². The van der Waals surface area contributed by atoms with Gasteiger partial charge in [0.2, 0.25) is 0 Å². The maximum absolute atomic E-state index is 2.51. The summed E-state index contributed by atoms with van der Waals surface area (Å²) in [4.78, 5) is 2.51. The third-order valence-electron chi connectivity index (χ3n) is 10.3. The lowest BCUT2D eigenvalue weighted by atomic mass is 9.72. The molecule has 6 aromatic carbocycles. The van der Waals surface area contributed by atoms with Crippen molar-refractivity contribution in [2.45, 2.75) is 38.6 Å². The molecule has 0 unspecified atom stereocenters. The number of hydrogen-bond acceptors (Lipinski definition) is 1. The number of rotatable bonds is 4. The summed E-state index contributed by atoms with van der Waals surface area (Å²) in [7, 11) is 0. The van der Waals surface area contributed by atoms with E-state index in [4.69, 9.17) is 0 Å². The summed E-state index contributed by atoms with van der Waals surface area (Å²) in [5.74, 6) is 0. The Balaban J connectivity index is 1.07. The molecule has 0 N–H and O–H groups in total. The number of anilines is 2. The van der Waals surface area contributed by atoms with Crippen molar-refractivity contribution < 1.29 is 0 Å². The Labute approximate surface area is 259 Å². The molecule has 8 rings (SSSR count). The first-order valence-electron chi connectivity index (χ1n) is 15.5. The van der Waals surface area contributed by atoms with E-state index in [1.807, 2.05) is 0 Å². The molecule has 2 nitrogen and oxygen atoms in total. The summed E-state index contributed by atoms with van der Waals surface area (Å²) in [6.45, 7) is 9.43. The summed E-state index contributed by atoms with van der Waals surface area (Å²) in [6.07, 6.45) is 0. The van der Waals surface area contributed by atoms with E-state index < -0.39 is 0 Å². The molecule has 0 amide bonds. The second kappa shape index (κ2) is 9.72.